The Kier molecular flexibility index (Phi) is 4.98. The number of nitrogens with one attached hydrogen (secondary N) is 2. The molecule has 1 saturated heterocycles. The highest BCUT2D eigenvalue weighted by Gasteiger charge is 2.31. The second kappa shape index (κ2) is 6.39. The Balaban J connectivity index is 2.07. The third-order valence-electron chi connectivity index (χ3n) is 3.47. The van der Waals surface area contributed by atoms with Gasteiger partial charge in [-0.2, -0.15) is 0 Å². The van der Waals surface area contributed by atoms with E-state index in [9.17, 15) is 8.42 Å². The summed E-state index contributed by atoms with van der Waals surface area (Å²) >= 11 is 0. The van der Waals surface area contributed by atoms with Gasteiger partial charge < -0.3 is 10.1 Å². The summed E-state index contributed by atoms with van der Waals surface area (Å²) in [6.07, 6.45) is 2.92. The van der Waals surface area contributed by atoms with Gasteiger partial charge in [0.25, 0.3) is 10.0 Å². The number of sulfonamides is 1. The molecule has 0 spiro atoms. The van der Waals surface area contributed by atoms with Crippen molar-refractivity contribution in [2.45, 2.75) is 49.9 Å². The summed E-state index contributed by atoms with van der Waals surface area (Å²) in [6, 6.07) is 3.20. The minimum absolute atomic E-state index is 0.0617. The van der Waals surface area contributed by atoms with Crippen LogP contribution in [0, 0.1) is 0 Å². The lowest BCUT2D eigenvalue weighted by Crippen LogP contribution is -2.45. The number of hydrogen-bond acceptors (Lipinski definition) is 5. The maximum absolute atomic E-state index is 12.4. The van der Waals surface area contributed by atoms with Gasteiger partial charge in [0.1, 0.15) is 0 Å². The van der Waals surface area contributed by atoms with Crippen LogP contribution < -0.4 is 10.0 Å². The Labute approximate surface area is 126 Å². The fourth-order valence-electron chi connectivity index (χ4n) is 2.49. The SMILES string of the molecule is CNCc1ccc(S(=O)(=O)NC2CCOC(C)(C)C2)nc1. The first-order chi connectivity index (χ1) is 9.82. The van der Waals surface area contributed by atoms with E-state index in [-0.39, 0.29) is 16.7 Å². The highest BCUT2D eigenvalue weighted by Crippen LogP contribution is 2.24. The van der Waals surface area contributed by atoms with Crippen LogP contribution >= 0.6 is 0 Å². The Hall–Kier alpha value is -1.02. The summed E-state index contributed by atoms with van der Waals surface area (Å²) in [5.41, 5.74) is 0.652. The van der Waals surface area contributed by atoms with Gasteiger partial charge in [0.05, 0.1) is 5.60 Å². The predicted molar refractivity (Wildman–Crippen MR) is 80.4 cm³/mol. The molecule has 1 fully saturated rings. The molecule has 2 rings (SSSR count). The van der Waals surface area contributed by atoms with Crippen LogP contribution in [0.4, 0.5) is 0 Å². The monoisotopic (exact) mass is 313 g/mol. The van der Waals surface area contributed by atoms with Crippen molar-refractivity contribution in [3.05, 3.63) is 23.9 Å². The molecule has 0 amide bonds. The van der Waals surface area contributed by atoms with E-state index in [1.54, 1.807) is 18.3 Å². The van der Waals surface area contributed by atoms with Crippen molar-refractivity contribution in [3.63, 3.8) is 0 Å². The Morgan fingerprint density at radius 2 is 2.19 bits per heavy atom. The number of rotatable bonds is 5. The van der Waals surface area contributed by atoms with Gasteiger partial charge in [-0.05, 0) is 45.4 Å². The third-order valence-corrected chi connectivity index (χ3v) is 4.91. The van der Waals surface area contributed by atoms with Crippen molar-refractivity contribution in [1.29, 1.82) is 0 Å². The van der Waals surface area contributed by atoms with E-state index in [4.69, 9.17) is 4.74 Å². The van der Waals surface area contributed by atoms with Crippen molar-refractivity contribution in [3.8, 4) is 0 Å². The first kappa shape index (κ1) is 16.4. The van der Waals surface area contributed by atoms with Crippen molar-refractivity contribution >= 4 is 10.0 Å². The van der Waals surface area contributed by atoms with E-state index in [2.05, 4.69) is 15.0 Å². The Morgan fingerprint density at radius 1 is 1.43 bits per heavy atom. The van der Waals surface area contributed by atoms with Crippen LogP contribution in [0.1, 0.15) is 32.3 Å². The molecule has 0 radical (unpaired) electrons. The summed E-state index contributed by atoms with van der Waals surface area (Å²) in [7, 11) is -1.75. The van der Waals surface area contributed by atoms with E-state index >= 15 is 0 Å². The van der Waals surface area contributed by atoms with Gasteiger partial charge in [0, 0.05) is 25.4 Å². The van der Waals surface area contributed by atoms with Crippen LogP contribution in [0.5, 0.6) is 0 Å². The van der Waals surface area contributed by atoms with E-state index in [1.807, 2.05) is 20.9 Å². The fraction of sp³-hybridized carbons (Fsp3) is 0.643. The number of nitrogens with zero attached hydrogens (tertiary/aromatic N) is 1. The topological polar surface area (TPSA) is 80.3 Å². The van der Waals surface area contributed by atoms with Crippen LogP contribution in [0.25, 0.3) is 0 Å². The molecule has 1 aromatic rings. The van der Waals surface area contributed by atoms with E-state index in [0.717, 1.165) is 5.56 Å². The van der Waals surface area contributed by atoms with Gasteiger partial charge in [-0.25, -0.2) is 18.1 Å². The fourth-order valence-corrected chi connectivity index (χ4v) is 3.69. The van der Waals surface area contributed by atoms with Gasteiger partial charge in [-0.15, -0.1) is 0 Å². The molecule has 6 nitrogen and oxygen atoms in total. The van der Waals surface area contributed by atoms with Crippen molar-refractivity contribution < 1.29 is 13.2 Å². The zero-order valence-electron chi connectivity index (χ0n) is 12.7. The molecule has 1 aliphatic heterocycles. The average molecular weight is 313 g/mol. The van der Waals surface area contributed by atoms with Crippen LogP contribution in [-0.2, 0) is 21.3 Å². The molecule has 7 heteroatoms. The number of aromatic nitrogens is 1. The van der Waals surface area contributed by atoms with Crippen LogP contribution in [-0.4, -0.2) is 38.7 Å². The highest BCUT2D eigenvalue weighted by molar-refractivity contribution is 7.89. The van der Waals surface area contributed by atoms with Gasteiger partial charge in [0.2, 0.25) is 0 Å². The molecule has 0 aliphatic carbocycles. The van der Waals surface area contributed by atoms with Crippen LogP contribution in [0.15, 0.2) is 23.4 Å². The molecule has 1 aromatic heterocycles. The van der Waals surface area contributed by atoms with E-state index in [1.165, 1.54) is 0 Å². The molecule has 1 atom stereocenters. The summed E-state index contributed by atoms with van der Waals surface area (Å²) in [6.45, 7) is 5.17. The van der Waals surface area contributed by atoms with Gasteiger partial charge in [-0.1, -0.05) is 6.07 Å². The lowest BCUT2D eigenvalue weighted by Gasteiger charge is -2.35. The molecule has 2 heterocycles. The van der Waals surface area contributed by atoms with E-state index < -0.39 is 10.0 Å². The Bertz CT molecular complexity index is 570. The van der Waals surface area contributed by atoms with Crippen LogP contribution in [0.3, 0.4) is 0 Å². The molecule has 0 bridgehead atoms. The largest absolute Gasteiger partial charge is 0.375 e. The second-order valence-electron chi connectivity index (χ2n) is 5.95. The quantitative estimate of drug-likeness (QED) is 0.849. The van der Waals surface area contributed by atoms with E-state index in [0.29, 0.717) is 26.0 Å². The standard InChI is InChI=1S/C14H23N3O3S/c1-14(2)8-12(6-7-20-14)17-21(18,19)13-5-4-11(9-15-3)10-16-13/h4-5,10,12,15,17H,6-9H2,1-3H3. The maximum Gasteiger partial charge on any atom is 0.258 e. The summed E-state index contributed by atoms with van der Waals surface area (Å²) in [5.74, 6) is 0. The number of pyridine rings is 1. The van der Waals surface area contributed by atoms with Crippen molar-refractivity contribution in [2.75, 3.05) is 13.7 Å². The third kappa shape index (κ3) is 4.47. The lowest BCUT2D eigenvalue weighted by atomic mass is 9.95. The Morgan fingerprint density at radius 3 is 2.76 bits per heavy atom. The molecular formula is C14H23N3O3S. The zero-order valence-corrected chi connectivity index (χ0v) is 13.5. The summed E-state index contributed by atoms with van der Waals surface area (Å²) < 4.78 is 33.0. The molecule has 21 heavy (non-hydrogen) atoms. The predicted octanol–water partition coefficient (Wildman–Crippen LogP) is 1.04. The number of hydrogen-bond donors (Lipinski definition) is 2. The summed E-state index contributed by atoms with van der Waals surface area (Å²) in [5, 5.41) is 3.06. The smallest absolute Gasteiger partial charge is 0.258 e. The molecular weight excluding hydrogens is 290 g/mol. The van der Waals surface area contributed by atoms with Gasteiger partial charge in [-0.3, -0.25) is 0 Å². The normalized spacial score (nSPS) is 22.1. The first-order valence-corrected chi connectivity index (χ1v) is 8.56. The molecule has 1 unspecified atom stereocenters. The molecule has 0 saturated carbocycles. The number of ether oxygens (including phenoxy) is 1. The van der Waals surface area contributed by atoms with Crippen LogP contribution in [0.2, 0.25) is 0 Å². The summed E-state index contributed by atoms with van der Waals surface area (Å²) in [4.78, 5) is 4.05. The zero-order chi connectivity index (χ0) is 15.5. The van der Waals surface area contributed by atoms with Crippen molar-refractivity contribution in [1.82, 2.24) is 15.0 Å². The average Bonchev–Trinajstić information content (AvgIpc) is 2.38. The minimum Gasteiger partial charge on any atom is -0.375 e. The molecule has 2 N–H and O–H groups in total. The van der Waals surface area contributed by atoms with Gasteiger partial charge in [0.15, 0.2) is 5.03 Å². The van der Waals surface area contributed by atoms with Gasteiger partial charge >= 0.3 is 0 Å². The molecule has 0 aromatic carbocycles. The molecule has 1 aliphatic rings. The second-order valence-corrected chi connectivity index (χ2v) is 7.62. The molecule has 118 valence electrons. The maximum atomic E-state index is 12.4. The van der Waals surface area contributed by atoms with Crippen molar-refractivity contribution in [2.24, 2.45) is 0 Å². The lowest BCUT2D eigenvalue weighted by molar-refractivity contribution is -0.0599. The first-order valence-electron chi connectivity index (χ1n) is 7.08. The minimum atomic E-state index is -3.58. The highest BCUT2D eigenvalue weighted by atomic mass is 32.2.